The smallest absolute Gasteiger partial charge is 0.390 e. The molecule has 2 rings (SSSR count). The zero-order valence-electron chi connectivity index (χ0n) is 12.6. The number of fused-ring (bicyclic) bond motifs is 1. The van der Waals surface area contributed by atoms with Gasteiger partial charge in [-0.25, -0.2) is 9.98 Å². The number of aliphatic hydroxyl groups is 1. The Labute approximate surface area is 131 Å². The van der Waals surface area contributed by atoms with Crippen molar-refractivity contribution in [1.29, 1.82) is 0 Å². The summed E-state index contributed by atoms with van der Waals surface area (Å²) in [5.74, 6) is 0.00438. The van der Waals surface area contributed by atoms with Crippen molar-refractivity contribution in [2.24, 2.45) is 4.99 Å². The van der Waals surface area contributed by atoms with E-state index in [2.05, 4.69) is 15.0 Å². The Hall–Kier alpha value is -2.22. The minimum Gasteiger partial charge on any atom is -0.390 e. The minimum absolute atomic E-state index is 0.0684. The van der Waals surface area contributed by atoms with Crippen molar-refractivity contribution in [3.63, 3.8) is 0 Å². The van der Waals surface area contributed by atoms with E-state index >= 15 is 0 Å². The van der Waals surface area contributed by atoms with E-state index in [9.17, 15) is 18.3 Å². The number of nitrogens with zero attached hydrogens (tertiary/aromatic N) is 3. The number of nitrogen functional groups attached to an aromatic ring is 1. The second kappa shape index (κ2) is 6.91. The summed E-state index contributed by atoms with van der Waals surface area (Å²) in [6.07, 6.45) is -2.11. The number of nitrogens with two attached hydrogens (primary N) is 1. The van der Waals surface area contributed by atoms with Gasteiger partial charge < -0.3 is 10.8 Å². The van der Waals surface area contributed by atoms with Gasteiger partial charge in [0, 0.05) is 11.1 Å². The highest BCUT2D eigenvalue weighted by atomic mass is 19.4. The Morgan fingerprint density at radius 1 is 1.30 bits per heavy atom. The van der Waals surface area contributed by atoms with Crippen molar-refractivity contribution in [3.8, 4) is 0 Å². The first-order valence-corrected chi connectivity index (χ1v) is 7.17. The molecule has 3 N–H and O–H groups in total. The standard InChI is InChI=1S/C15H17F3N4O/c1-2-3-4-10(8-23)20-13-11-6-5-9(15(16,17)18)7-12(11)21-14(19)22-13/h5-7,23H,2-4,8H2,1H3,(H2,19,21,22)/b20-10+. The summed E-state index contributed by atoms with van der Waals surface area (Å²) in [6, 6.07) is 3.13. The van der Waals surface area contributed by atoms with Gasteiger partial charge >= 0.3 is 6.18 Å². The van der Waals surface area contributed by atoms with Crippen LogP contribution in [0.4, 0.5) is 24.9 Å². The molecule has 0 bridgehead atoms. The Morgan fingerprint density at radius 3 is 2.65 bits per heavy atom. The van der Waals surface area contributed by atoms with Gasteiger partial charge in [-0.1, -0.05) is 13.3 Å². The third-order valence-corrected chi connectivity index (χ3v) is 3.29. The van der Waals surface area contributed by atoms with Crippen molar-refractivity contribution in [2.75, 3.05) is 12.3 Å². The van der Waals surface area contributed by atoms with Crippen LogP contribution in [0.25, 0.3) is 10.9 Å². The molecular formula is C15H17F3N4O. The summed E-state index contributed by atoms with van der Waals surface area (Å²) < 4.78 is 38.4. The predicted octanol–water partition coefficient (Wildman–Crippen LogP) is 3.49. The van der Waals surface area contributed by atoms with E-state index in [0.717, 1.165) is 25.0 Å². The normalized spacial score (nSPS) is 12.8. The average molecular weight is 326 g/mol. The highest BCUT2D eigenvalue weighted by Crippen LogP contribution is 2.33. The molecule has 23 heavy (non-hydrogen) atoms. The second-order valence-corrected chi connectivity index (χ2v) is 5.07. The number of aliphatic hydroxyl groups excluding tert-OH is 1. The van der Waals surface area contributed by atoms with Gasteiger partial charge in [-0.3, -0.25) is 0 Å². The lowest BCUT2D eigenvalue weighted by atomic mass is 10.1. The molecule has 5 nitrogen and oxygen atoms in total. The largest absolute Gasteiger partial charge is 0.416 e. The number of hydrogen-bond donors (Lipinski definition) is 2. The molecule has 124 valence electrons. The van der Waals surface area contributed by atoms with Gasteiger partial charge in [0.05, 0.1) is 17.7 Å². The molecule has 0 fully saturated rings. The molecule has 0 amide bonds. The molecule has 8 heteroatoms. The molecule has 1 aromatic carbocycles. The summed E-state index contributed by atoms with van der Waals surface area (Å²) >= 11 is 0. The Kier molecular flexibility index (Phi) is 5.15. The van der Waals surface area contributed by atoms with Gasteiger partial charge in [0.2, 0.25) is 5.95 Å². The van der Waals surface area contributed by atoms with Gasteiger partial charge in [-0.2, -0.15) is 18.2 Å². The van der Waals surface area contributed by atoms with Crippen molar-refractivity contribution in [2.45, 2.75) is 32.4 Å². The number of aliphatic imine (C=N–C) groups is 1. The minimum atomic E-state index is -4.46. The molecule has 0 radical (unpaired) electrons. The van der Waals surface area contributed by atoms with Gasteiger partial charge in [0.15, 0.2) is 5.82 Å². The van der Waals surface area contributed by atoms with Crippen LogP contribution in [0.15, 0.2) is 23.2 Å². The van der Waals surface area contributed by atoms with Crippen molar-refractivity contribution >= 4 is 28.4 Å². The fourth-order valence-corrected chi connectivity index (χ4v) is 2.09. The van der Waals surface area contributed by atoms with Gasteiger partial charge in [0.25, 0.3) is 0 Å². The van der Waals surface area contributed by atoms with Crippen LogP contribution >= 0.6 is 0 Å². The number of aromatic nitrogens is 2. The Morgan fingerprint density at radius 2 is 2.04 bits per heavy atom. The SMILES string of the molecule is CCCC/C(CO)=N\c1nc(N)nc2cc(C(F)(F)F)ccc12. The van der Waals surface area contributed by atoms with Crippen molar-refractivity contribution < 1.29 is 18.3 Å². The van der Waals surface area contributed by atoms with Crippen molar-refractivity contribution in [3.05, 3.63) is 23.8 Å². The number of halogens is 3. The van der Waals surface area contributed by atoms with E-state index < -0.39 is 11.7 Å². The number of rotatable bonds is 5. The molecule has 1 heterocycles. The predicted molar refractivity (Wildman–Crippen MR) is 82.7 cm³/mol. The Bertz CT molecular complexity index is 728. The zero-order valence-corrected chi connectivity index (χ0v) is 12.6. The maximum Gasteiger partial charge on any atom is 0.416 e. The van der Waals surface area contributed by atoms with Gasteiger partial charge in [-0.05, 0) is 31.0 Å². The maximum absolute atomic E-state index is 12.8. The van der Waals surface area contributed by atoms with E-state index in [1.165, 1.54) is 6.07 Å². The third kappa shape index (κ3) is 4.16. The average Bonchev–Trinajstić information content (AvgIpc) is 2.49. The molecule has 0 aliphatic rings. The second-order valence-electron chi connectivity index (χ2n) is 5.07. The van der Waals surface area contributed by atoms with Crippen LogP contribution in [0.5, 0.6) is 0 Å². The van der Waals surface area contributed by atoms with Crippen LogP contribution in [0.1, 0.15) is 31.7 Å². The first-order valence-electron chi connectivity index (χ1n) is 7.17. The highest BCUT2D eigenvalue weighted by Gasteiger charge is 2.30. The molecule has 0 saturated carbocycles. The lowest BCUT2D eigenvalue weighted by Gasteiger charge is -2.09. The monoisotopic (exact) mass is 326 g/mol. The summed E-state index contributed by atoms with van der Waals surface area (Å²) in [4.78, 5) is 12.1. The molecule has 0 aliphatic carbocycles. The summed E-state index contributed by atoms with van der Waals surface area (Å²) in [5.41, 5.74) is 5.33. The molecule has 1 aromatic heterocycles. The quantitative estimate of drug-likeness (QED) is 0.824. The van der Waals surface area contributed by atoms with Gasteiger partial charge in [0.1, 0.15) is 0 Å². The molecular weight excluding hydrogens is 309 g/mol. The van der Waals surface area contributed by atoms with Crippen LogP contribution in [0.2, 0.25) is 0 Å². The van der Waals surface area contributed by atoms with Crippen LogP contribution in [0.3, 0.4) is 0 Å². The zero-order chi connectivity index (χ0) is 17.0. The van der Waals surface area contributed by atoms with Crippen molar-refractivity contribution in [1.82, 2.24) is 9.97 Å². The number of unbranched alkanes of at least 4 members (excludes halogenated alkanes) is 1. The summed E-state index contributed by atoms with van der Waals surface area (Å²) in [7, 11) is 0. The lowest BCUT2D eigenvalue weighted by molar-refractivity contribution is -0.137. The molecule has 0 spiro atoms. The van der Waals surface area contributed by atoms with Crippen LogP contribution in [0, 0.1) is 0 Å². The summed E-state index contributed by atoms with van der Waals surface area (Å²) in [5, 5.41) is 9.71. The van der Waals surface area contributed by atoms with E-state index in [1.807, 2.05) is 6.92 Å². The molecule has 0 saturated heterocycles. The van der Waals surface area contributed by atoms with Gasteiger partial charge in [-0.15, -0.1) is 0 Å². The van der Waals surface area contributed by atoms with E-state index in [-0.39, 0.29) is 23.9 Å². The van der Waals surface area contributed by atoms with E-state index in [4.69, 9.17) is 5.73 Å². The fraction of sp³-hybridized carbons (Fsp3) is 0.400. The molecule has 2 aromatic rings. The summed E-state index contributed by atoms with van der Waals surface area (Å²) in [6.45, 7) is 1.76. The third-order valence-electron chi connectivity index (χ3n) is 3.29. The fourth-order valence-electron chi connectivity index (χ4n) is 2.09. The van der Waals surface area contributed by atoms with E-state index in [1.54, 1.807) is 0 Å². The molecule has 0 atom stereocenters. The first kappa shape index (κ1) is 17.1. The molecule has 0 unspecified atom stereocenters. The lowest BCUT2D eigenvalue weighted by Crippen LogP contribution is -2.06. The number of anilines is 1. The van der Waals surface area contributed by atoms with Crippen LogP contribution < -0.4 is 5.73 Å². The first-order chi connectivity index (χ1) is 10.8. The molecule has 0 aliphatic heterocycles. The number of hydrogen-bond acceptors (Lipinski definition) is 5. The van der Waals surface area contributed by atoms with Crippen LogP contribution in [-0.2, 0) is 6.18 Å². The highest BCUT2D eigenvalue weighted by molar-refractivity contribution is 5.94. The van der Waals surface area contributed by atoms with E-state index in [0.29, 0.717) is 17.5 Å². The maximum atomic E-state index is 12.8. The Balaban J connectivity index is 2.54. The van der Waals surface area contributed by atoms with Crippen LogP contribution in [-0.4, -0.2) is 27.4 Å². The topological polar surface area (TPSA) is 84.4 Å². The number of alkyl halides is 3. The number of benzene rings is 1.